The second-order valence-corrected chi connectivity index (χ2v) is 6.49. The van der Waals surface area contributed by atoms with Gasteiger partial charge in [0.1, 0.15) is 23.9 Å². The molecule has 0 aliphatic carbocycles. The van der Waals surface area contributed by atoms with Gasteiger partial charge in [0.05, 0.1) is 6.54 Å². The van der Waals surface area contributed by atoms with E-state index in [0.717, 1.165) is 0 Å². The zero-order chi connectivity index (χ0) is 18.4. The largest absolute Gasteiger partial charge is 0.486 e. The normalized spacial score (nSPS) is 11.0. The average Bonchev–Trinajstić information content (AvgIpc) is 2.99. The lowest BCUT2D eigenvalue weighted by Gasteiger charge is -2.20. The van der Waals surface area contributed by atoms with Crippen LogP contribution in [0.2, 0.25) is 0 Å². The Bertz CT molecular complexity index is 732. The molecule has 0 radical (unpaired) electrons. The fourth-order valence-corrected chi connectivity index (χ4v) is 1.97. The van der Waals surface area contributed by atoms with E-state index in [2.05, 4.69) is 10.6 Å². The molecule has 0 atom stereocenters. The van der Waals surface area contributed by atoms with Crippen molar-refractivity contribution >= 4 is 11.8 Å². The second-order valence-electron chi connectivity index (χ2n) is 6.49. The Morgan fingerprint density at radius 1 is 1.12 bits per heavy atom. The van der Waals surface area contributed by atoms with Gasteiger partial charge in [-0.05, 0) is 57.2 Å². The Hall–Kier alpha value is -2.83. The summed E-state index contributed by atoms with van der Waals surface area (Å²) in [6.07, 6.45) is 0. The highest BCUT2D eigenvalue weighted by molar-refractivity contribution is 5.94. The Labute approximate surface area is 145 Å². The van der Waals surface area contributed by atoms with E-state index in [9.17, 15) is 14.0 Å². The minimum Gasteiger partial charge on any atom is -0.486 e. The Kier molecular flexibility index (Phi) is 5.80. The highest BCUT2D eigenvalue weighted by atomic mass is 19.1. The summed E-state index contributed by atoms with van der Waals surface area (Å²) < 4.78 is 23.6. The molecule has 2 amide bonds. The zero-order valence-corrected chi connectivity index (χ0v) is 14.4. The summed E-state index contributed by atoms with van der Waals surface area (Å²) in [7, 11) is 0. The van der Waals surface area contributed by atoms with Crippen LogP contribution in [0.25, 0.3) is 0 Å². The molecular weight excluding hydrogens is 327 g/mol. The van der Waals surface area contributed by atoms with Crippen LogP contribution in [0.5, 0.6) is 5.75 Å². The predicted molar refractivity (Wildman–Crippen MR) is 89.7 cm³/mol. The van der Waals surface area contributed by atoms with E-state index < -0.39 is 5.91 Å². The van der Waals surface area contributed by atoms with Crippen molar-refractivity contribution in [2.24, 2.45) is 0 Å². The van der Waals surface area contributed by atoms with Crippen molar-refractivity contribution in [3.8, 4) is 5.75 Å². The number of furan rings is 1. The van der Waals surface area contributed by atoms with E-state index in [4.69, 9.17) is 9.15 Å². The van der Waals surface area contributed by atoms with E-state index in [1.165, 1.54) is 30.3 Å². The number of carbonyl (C=O) groups is 2. The first-order valence-corrected chi connectivity index (χ1v) is 7.79. The number of carbonyl (C=O) groups excluding carboxylic acids is 2. The fraction of sp³-hybridized carbons (Fsp3) is 0.333. The molecule has 25 heavy (non-hydrogen) atoms. The van der Waals surface area contributed by atoms with Crippen LogP contribution in [-0.4, -0.2) is 23.9 Å². The SMILES string of the molecule is CC(C)(C)NC(=O)CNC(=O)c1ccc(COc2ccc(F)cc2)o1. The van der Waals surface area contributed by atoms with Gasteiger partial charge < -0.3 is 19.8 Å². The number of halogens is 1. The maximum atomic E-state index is 12.8. The number of hydrogen-bond acceptors (Lipinski definition) is 4. The molecule has 0 aliphatic rings. The highest BCUT2D eigenvalue weighted by Gasteiger charge is 2.16. The van der Waals surface area contributed by atoms with Gasteiger partial charge in [-0.2, -0.15) is 0 Å². The number of hydrogen-bond donors (Lipinski definition) is 2. The number of benzene rings is 1. The monoisotopic (exact) mass is 348 g/mol. The van der Waals surface area contributed by atoms with Gasteiger partial charge in [-0.1, -0.05) is 0 Å². The molecule has 1 heterocycles. The summed E-state index contributed by atoms with van der Waals surface area (Å²) in [5.74, 6) is -0.110. The van der Waals surface area contributed by atoms with E-state index in [1.807, 2.05) is 20.8 Å². The summed E-state index contributed by atoms with van der Waals surface area (Å²) >= 11 is 0. The molecule has 0 aliphatic heterocycles. The highest BCUT2D eigenvalue weighted by Crippen LogP contribution is 2.15. The molecule has 0 saturated heterocycles. The standard InChI is InChI=1S/C18H21FN2O4/c1-18(2,3)21-16(22)10-20-17(23)15-9-8-14(25-15)11-24-13-6-4-12(19)5-7-13/h4-9H,10-11H2,1-3H3,(H,20,23)(H,21,22). The molecule has 2 rings (SSSR count). The van der Waals surface area contributed by atoms with E-state index in [1.54, 1.807) is 6.07 Å². The smallest absolute Gasteiger partial charge is 0.287 e. The quantitative estimate of drug-likeness (QED) is 0.841. The zero-order valence-electron chi connectivity index (χ0n) is 14.4. The van der Waals surface area contributed by atoms with Gasteiger partial charge in [-0.3, -0.25) is 9.59 Å². The van der Waals surface area contributed by atoms with Crippen LogP contribution in [0.15, 0.2) is 40.8 Å². The van der Waals surface area contributed by atoms with Crippen molar-refractivity contribution in [3.05, 3.63) is 53.7 Å². The number of amides is 2. The third kappa shape index (κ3) is 6.29. The van der Waals surface area contributed by atoms with Crippen molar-refractivity contribution in [2.75, 3.05) is 6.54 Å². The van der Waals surface area contributed by atoms with E-state index in [-0.39, 0.29) is 36.2 Å². The minimum atomic E-state index is -0.489. The molecule has 2 aromatic rings. The van der Waals surface area contributed by atoms with Crippen LogP contribution in [0.4, 0.5) is 4.39 Å². The van der Waals surface area contributed by atoms with Gasteiger partial charge in [0.2, 0.25) is 5.91 Å². The van der Waals surface area contributed by atoms with Crippen molar-refractivity contribution < 1.29 is 23.1 Å². The van der Waals surface area contributed by atoms with Gasteiger partial charge in [-0.25, -0.2) is 4.39 Å². The molecule has 2 N–H and O–H groups in total. The molecule has 1 aromatic heterocycles. The molecule has 134 valence electrons. The van der Waals surface area contributed by atoms with Gasteiger partial charge in [-0.15, -0.1) is 0 Å². The summed E-state index contributed by atoms with van der Waals surface area (Å²) in [5, 5.41) is 5.23. The third-order valence-corrected chi connectivity index (χ3v) is 3.00. The van der Waals surface area contributed by atoms with Crippen LogP contribution in [-0.2, 0) is 11.4 Å². The number of rotatable bonds is 6. The molecule has 0 saturated carbocycles. The van der Waals surface area contributed by atoms with E-state index in [0.29, 0.717) is 11.5 Å². The maximum Gasteiger partial charge on any atom is 0.287 e. The van der Waals surface area contributed by atoms with Gasteiger partial charge in [0, 0.05) is 5.54 Å². The molecule has 0 bridgehead atoms. The van der Waals surface area contributed by atoms with Crippen LogP contribution in [0.1, 0.15) is 37.1 Å². The van der Waals surface area contributed by atoms with E-state index >= 15 is 0 Å². The number of nitrogens with one attached hydrogen (secondary N) is 2. The van der Waals surface area contributed by atoms with Crippen molar-refractivity contribution in [1.29, 1.82) is 0 Å². The van der Waals surface area contributed by atoms with Gasteiger partial charge in [0.15, 0.2) is 5.76 Å². The van der Waals surface area contributed by atoms with Crippen molar-refractivity contribution in [2.45, 2.75) is 32.9 Å². The number of ether oxygens (including phenoxy) is 1. The average molecular weight is 348 g/mol. The fourth-order valence-electron chi connectivity index (χ4n) is 1.97. The summed E-state index contributed by atoms with van der Waals surface area (Å²) in [6, 6.07) is 8.69. The summed E-state index contributed by atoms with van der Waals surface area (Å²) in [5.41, 5.74) is -0.364. The van der Waals surface area contributed by atoms with Crippen LogP contribution in [0, 0.1) is 5.82 Å². The second kappa shape index (κ2) is 7.83. The Balaban J connectivity index is 1.82. The maximum absolute atomic E-state index is 12.8. The first kappa shape index (κ1) is 18.5. The molecular formula is C18H21FN2O4. The minimum absolute atomic E-state index is 0.0845. The molecule has 1 aromatic carbocycles. The van der Waals surface area contributed by atoms with Crippen molar-refractivity contribution in [1.82, 2.24) is 10.6 Å². The molecule has 0 unspecified atom stereocenters. The van der Waals surface area contributed by atoms with Gasteiger partial charge >= 0.3 is 0 Å². The first-order chi connectivity index (χ1) is 11.7. The topological polar surface area (TPSA) is 80.6 Å². The Morgan fingerprint density at radius 3 is 2.44 bits per heavy atom. The predicted octanol–water partition coefficient (Wildman–Crippen LogP) is 2.64. The summed E-state index contributed by atoms with van der Waals surface area (Å²) in [6.45, 7) is 5.52. The molecule has 0 fully saturated rings. The molecule has 6 nitrogen and oxygen atoms in total. The lowest BCUT2D eigenvalue weighted by atomic mass is 10.1. The summed E-state index contributed by atoms with van der Waals surface area (Å²) in [4.78, 5) is 23.7. The third-order valence-electron chi connectivity index (χ3n) is 3.00. The van der Waals surface area contributed by atoms with Crippen LogP contribution >= 0.6 is 0 Å². The van der Waals surface area contributed by atoms with Gasteiger partial charge in [0.25, 0.3) is 5.91 Å². The van der Waals surface area contributed by atoms with Crippen LogP contribution < -0.4 is 15.4 Å². The lowest BCUT2D eigenvalue weighted by Crippen LogP contribution is -2.45. The molecule has 7 heteroatoms. The van der Waals surface area contributed by atoms with Crippen molar-refractivity contribution in [3.63, 3.8) is 0 Å². The molecule has 0 spiro atoms. The van der Waals surface area contributed by atoms with Crippen LogP contribution in [0.3, 0.4) is 0 Å². The Morgan fingerprint density at radius 2 is 1.80 bits per heavy atom. The lowest BCUT2D eigenvalue weighted by molar-refractivity contribution is -0.121. The first-order valence-electron chi connectivity index (χ1n) is 7.79.